The minimum Gasteiger partial charge on any atom is -0.482 e. The van der Waals surface area contributed by atoms with Crippen molar-refractivity contribution in [1.82, 2.24) is 0 Å². The number of rotatable bonds is 7. The average Bonchev–Trinajstić information content (AvgIpc) is 2.36. The maximum Gasteiger partial charge on any atom is 0.346 e. The number of carbonyl (C=O) groups excluding carboxylic acids is 2. The van der Waals surface area contributed by atoms with E-state index in [9.17, 15) is 14.0 Å². The summed E-state index contributed by atoms with van der Waals surface area (Å²) in [6.45, 7) is 2.80. The van der Waals surface area contributed by atoms with Crippen LogP contribution >= 0.6 is 0 Å². The minimum absolute atomic E-state index is 0.170. The number of carbonyl (C=O) groups is 2. The summed E-state index contributed by atoms with van der Waals surface area (Å²) in [6, 6.07) is 6.54. The first-order chi connectivity index (χ1) is 9.51. The third kappa shape index (κ3) is 6.17. The largest absolute Gasteiger partial charge is 0.482 e. The van der Waals surface area contributed by atoms with Gasteiger partial charge in [-0.25, -0.2) is 9.18 Å². The molecular weight excluding hydrogens is 265 g/mol. The van der Waals surface area contributed by atoms with Gasteiger partial charge in [0.2, 0.25) is 12.3 Å². The summed E-state index contributed by atoms with van der Waals surface area (Å²) in [5.41, 5.74) is 0.553. The molecule has 0 heterocycles. The van der Waals surface area contributed by atoms with E-state index >= 15 is 0 Å². The van der Waals surface area contributed by atoms with Gasteiger partial charge in [0, 0.05) is 25.1 Å². The van der Waals surface area contributed by atoms with Crippen LogP contribution in [0.5, 0.6) is 5.75 Å². The van der Waals surface area contributed by atoms with Crippen LogP contribution in [0.15, 0.2) is 24.3 Å². The zero-order valence-electron chi connectivity index (χ0n) is 11.5. The van der Waals surface area contributed by atoms with Crippen LogP contribution in [0.25, 0.3) is 0 Å². The van der Waals surface area contributed by atoms with Gasteiger partial charge in [-0.05, 0) is 18.6 Å². The molecule has 0 aliphatic carbocycles. The van der Waals surface area contributed by atoms with Gasteiger partial charge in [-0.2, -0.15) is 0 Å². The summed E-state index contributed by atoms with van der Waals surface area (Å²) in [4.78, 5) is 22.2. The lowest BCUT2D eigenvalue weighted by molar-refractivity contribution is -0.160. The van der Waals surface area contributed by atoms with E-state index in [-0.39, 0.29) is 18.9 Å². The molecule has 0 bridgehead atoms. The molecule has 0 spiro atoms. The van der Waals surface area contributed by atoms with E-state index in [4.69, 9.17) is 4.74 Å². The molecule has 1 aromatic rings. The van der Waals surface area contributed by atoms with Gasteiger partial charge in [0.15, 0.2) is 6.61 Å². The van der Waals surface area contributed by atoms with Gasteiger partial charge in [0.25, 0.3) is 0 Å². The van der Waals surface area contributed by atoms with Gasteiger partial charge in [0.1, 0.15) is 5.75 Å². The van der Waals surface area contributed by atoms with Crippen LogP contribution < -0.4 is 10.1 Å². The van der Waals surface area contributed by atoms with Crippen LogP contribution in [-0.4, -0.2) is 24.8 Å². The smallest absolute Gasteiger partial charge is 0.346 e. The Morgan fingerprint density at radius 1 is 1.40 bits per heavy atom. The van der Waals surface area contributed by atoms with Crippen LogP contribution in [0.3, 0.4) is 0 Å². The Morgan fingerprint density at radius 3 is 2.80 bits per heavy atom. The number of nitrogens with one attached hydrogen (secondary N) is 1. The highest BCUT2D eigenvalue weighted by Crippen LogP contribution is 2.17. The Kier molecular flexibility index (Phi) is 6.49. The number of benzene rings is 1. The van der Waals surface area contributed by atoms with Crippen molar-refractivity contribution in [2.75, 3.05) is 11.9 Å². The zero-order chi connectivity index (χ0) is 15.0. The minimum atomic E-state index is -1.60. The van der Waals surface area contributed by atoms with Crippen molar-refractivity contribution in [1.29, 1.82) is 0 Å². The summed E-state index contributed by atoms with van der Waals surface area (Å²) in [5.74, 6) is -0.587. The second kappa shape index (κ2) is 8.14. The second-order valence-electron chi connectivity index (χ2n) is 4.19. The summed E-state index contributed by atoms with van der Waals surface area (Å²) >= 11 is 0. The van der Waals surface area contributed by atoms with Crippen LogP contribution in [0.1, 0.15) is 26.7 Å². The zero-order valence-corrected chi connectivity index (χ0v) is 11.5. The Balaban J connectivity index is 2.45. The van der Waals surface area contributed by atoms with Crippen molar-refractivity contribution in [3.63, 3.8) is 0 Å². The van der Waals surface area contributed by atoms with Gasteiger partial charge in [-0.15, -0.1) is 0 Å². The Bertz CT molecular complexity index is 464. The van der Waals surface area contributed by atoms with Crippen LogP contribution in [0.2, 0.25) is 0 Å². The van der Waals surface area contributed by atoms with Crippen LogP contribution in [0, 0.1) is 0 Å². The molecule has 1 aromatic carbocycles. The molecule has 1 atom stereocenters. The molecule has 0 saturated heterocycles. The van der Waals surface area contributed by atoms with Crippen molar-refractivity contribution in [2.24, 2.45) is 0 Å². The highest BCUT2D eigenvalue weighted by molar-refractivity contribution is 5.88. The van der Waals surface area contributed by atoms with Gasteiger partial charge >= 0.3 is 5.97 Å². The lowest BCUT2D eigenvalue weighted by atomic mass is 10.3. The van der Waals surface area contributed by atoms with Gasteiger partial charge in [-0.1, -0.05) is 13.0 Å². The number of esters is 1. The van der Waals surface area contributed by atoms with Gasteiger partial charge < -0.3 is 14.8 Å². The van der Waals surface area contributed by atoms with E-state index in [2.05, 4.69) is 10.1 Å². The van der Waals surface area contributed by atoms with Crippen molar-refractivity contribution in [2.45, 2.75) is 33.0 Å². The maximum atomic E-state index is 13.0. The Hall–Kier alpha value is -2.11. The highest BCUT2D eigenvalue weighted by atomic mass is 19.1. The number of hydrogen-bond donors (Lipinski definition) is 1. The SMILES string of the molecule is CCCC(F)OC(=O)COc1cccc(NC(C)=O)c1. The van der Waals surface area contributed by atoms with Crippen molar-refractivity contribution in [3.8, 4) is 5.75 Å². The molecule has 0 aliphatic rings. The predicted octanol–water partition coefficient (Wildman–Crippen LogP) is 2.66. The summed E-state index contributed by atoms with van der Waals surface area (Å²) in [6.07, 6.45) is -0.834. The molecular formula is C14H18FNO4. The van der Waals surface area contributed by atoms with E-state index < -0.39 is 12.3 Å². The second-order valence-corrected chi connectivity index (χ2v) is 4.19. The molecule has 110 valence electrons. The van der Waals surface area contributed by atoms with E-state index in [0.717, 1.165) is 0 Å². The third-order valence-electron chi connectivity index (χ3n) is 2.29. The summed E-state index contributed by atoms with van der Waals surface area (Å²) in [7, 11) is 0. The Labute approximate surface area is 117 Å². The monoisotopic (exact) mass is 283 g/mol. The molecule has 1 amide bonds. The summed E-state index contributed by atoms with van der Waals surface area (Å²) in [5, 5.41) is 2.59. The molecule has 1 rings (SSSR count). The number of anilines is 1. The molecule has 1 N–H and O–H groups in total. The third-order valence-corrected chi connectivity index (χ3v) is 2.29. The maximum absolute atomic E-state index is 13.0. The average molecular weight is 283 g/mol. The fourth-order valence-electron chi connectivity index (χ4n) is 1.47. The molecule has 5 nitrogen and oxygen atoms in total. The topological polar surface area (TPSA) is 64.6 Å². The highest BCUT2D eigenvalue weighted by Gasteiger charge is 2.12. The summed E-state index contributed by atoms with van der Waals surface area (Å²) < 4.78 is 22.7. The fraction of sp³-hybridized carbons (Fsp3) is 0.429. The van der Waals surface area contributed by atoms with Crippen LogP contribution in [-0.2, 0) is 14.3 Å². The van der Waals surface area contributed by atoms with Gasteiger partial charge in [-0.3, -0.25) is 4.79 Å². The van der Waals surface area contributed by atoms with Crippen molar-refractivity contribution < 1.29 is 23.5 Å². The molecule has 0 aliphatic heterocycles. The predicted molar refractivity (Wildman–Crippen MR) is 72.1 cm³/mol. The van der Waals surface area contributed by atoms with Gasteiger partial charge in [0.05, 0.1) is 0 Å². The molecule has 1 unspecified atom stereocenters. The number of amides is 1. The van der Waals surface area contributed by atoms with E-state index in [1.165, 1.54) is 6.92 Å². The van der Waals surface area contributed by atoms with E-state index in [1.807, 2.05) is 0 Å². The fourth-order valence-corrected chi connectivity index (χ4v) is 1.47. The normalized spacial score (nSPS) is 11.6. The van der Waals surface area contributed by atoms with Crippen molar-refractivity contribution in [3.05, 3.63) is 24.3 Å². The number of ether oxygens (including phenoxy) is 2. The molecule has 0 saturated carbocycles. The quantitative estimate of drug-likeness (QED) is 0.781. The number of alkyl halides is 1. The molecule has 0 radical (unpaired) electrons. The number of hydrogen-bond acceptors (Lipinski definition) is 4. The molecule has 0 fully saturated rings. The standard InChI is InChI=1S/C14H18FNO4/c1-3-5-13(15)20-14(18)9-19-12-7-4-6-11(8-12)16-10(2)17/h4,6-8,13H,3,5,9H2,1-2H3,(H,16,17). The first kappa shape index (κ1) is 15.9. The number of halogens is 1. The van der Waals surface area contributed by atoms with E-state index in [1.54, 1.807) is 31.2 Å². The van der Waals surface area contributed by atoms with Crippen LogP contribution in [0.4, 0.5) is 10.1 Å². The van der Waals surface area contributed by atoms with Crippen molar-refractivity contribution >= 4 is 17.6 Å². The lowest BCUT2D eigenvalue weighted by Crippen LogP contribution is -2.19. The molecule has 0 aromatic heterocycles. The Morgan fingerprint density at radius 2 is 2.15 bits per heavy atom. The molecule has 6 heteroatoms. The first-order valence-electron chi connectivity index (χ1n) is 6.35. The first-order valence-corrected chi connectivity index (χ1v) is 6.35. The van der Waals surface area contributed by atoms with E-state index in [0.29, 0.717) is 17.9 Å². The lowest BCUT2D eigenvalue weighted by Gasteiger charge is -2.10. The molecule has 20 heavy (non-hydrogen) atoms.